The van der Waals surface area contributed by atoms with E-state index in [1.54, 1.807) is 6.07 Å². The van der Waals surface area contributed by atoms with Gasteiger partial charge >= 0.3 is 11.7 Å². The summed E-state index contributed by atoms with van der Waals surface area (Å²) in [6, 6.07) is 8.47. The summed E-state index contributed by atoms with van der Waals surface area (Å²) in [5, 5.41) is 11.1. The second-order valence-electron chi connectivity index (χ2n) is 3.77. The largest absolute Gasteiger partial charge is 0.415 e. The van der Waals surface area contributed by atoms with Crippen LogP contribution in [0.5, 0.6) is 5.75 Å². The van der Waals surface area contributed by atoms with Crippen LogP contribution in [0.15, 0.2) is 42.5 Å². The van der Waals surface area contributed by atoms with E-state index < -0.39 is 28.1 Å². The highest BCUT2D eigenvalue weighted by Gasteiger charge is 2.19. The van der Waals surface area contributed by atoms with Crippen LogP contribution in [0.4, 0.5) is 10.1 Å². The van der Waals surface area contributed by atoms with Crippen LogP contribution in [-0.2, 0) is 0 Å². The number of halogens is 2. The molecular weight excluding hydrogens is 289 g/mol. The van der Waals surface area contributed by atoms with Gasteiger partial charge in [-0.15, -0.1) is 0 Å². The Balaban J connectivity index is 2.32. The molecule has 0 saturated carbocycles. The van der Waals surface area contributed by atoms with Crippen molar-refractivity contribution in [1.82, 2.24) is 0 Å². The molecule has 7 heteroatoms. The lowest BCUT2D eigenvalue weighted by Gasteiger charge is -2.05. The first-order valence-electron chi connectivity index (χ1n) is 5.39. The van der Waals surface area contributed by atoms with E-state index in [-0.39, 0.29) is 5.56 Å². The van der Waals surface area contributed by atoms with Gasteiger partial charge in [0, 0.05) is 17.2 Å². The Morgan fingerprint density at radius 1 is 1.25 bits per heavy atom. The fraction of sp³-hybridized carbons (Fsp3) is 0. The van der Waals surface area contributed by atoms with Crippen LogP contribution in [0.3, 0.4) is 0 Å². The Morgan fingerprint density at radius 3 is 2.65 bits per heavy atom. The summed E-state index contributed by atoms with van der Waals surface area (Å²) in [6.45, 7) is 0. The Kier molecular flexibility index (Phi) is 3.95. The molecule has 0 unspecified atom stereocenters. The molecule has 0 saturated heterocycles. The van der Waals surface area contributed by atoms with E-state index in [4.69, 9.17) is 16.3 Å². The molecule has 2 rings (SSSR count). The molecule has 5 nitrogen and oxygen atoms in total. The van der Waals surface area contributed by atoms with Gasteiger partial charge in [-0.2, -0.15) is 0 Å². The van der Waals surface area contributed by atoms with Crippen LogP contribution < -0.4 is 4.74 Å². The van der Waals surface area contributed by atoms with Gasteiger partial charge in [0.2, 0.25) is 5.75 Å². The highest BCUT2D eigenvalue weighted by molar-refractivity contribution is 6.30. The SMILES string of the molecule is O=C(Oc1cc(F)ccc1[N+](=O)[O-])c1cccc(Cl)c1. The van der Waals surface area contributed by atoms with Gasteiger partial charge in [0.25, 0.3) is 0 Å². The molecule has 2 aromatic carbocycles. The third-order valence-corrected chi connectivity index (χ3v) is 2.62. The smallest absolute Gasteiger partial charge is 0.343 e. The number of benzene rings is 2. The Bertz CT molecular complexity index is 690. The average molecular weight is 296 g/mol. The second kappa shape index (κ2) is 5.66. The van der Waals surface area contributed by atoms with E-state index in [9.17, 15) is 19.3 Å². The van der Waals surface area contributed by atoms with E-state index in [0.717, 1.165) is 18.2 Å². The van der Waals surface area contributed by atoms with Gasteiger partial charge in [-0.1, -0.05) is 17.7 Å². The van der Waals surface area contributed by atoms with Crippen molar-refractivity contribution in [3.8, 4) is 5.75 Å². The lowest BCUT2D eigenvalue weighted by atomic mass is 10.2. The zero-order chi connectivity index (χ0) is 14.7. The van der Waals surface area contributed by atoms with Crippen LogP contribution in [0.1, 0.15) is 10.4 Å². The van der Waals surface area contributed by atoms with Crippen molar-refractivity contribution in [2.75, 3.05) is 0 Å². The number of carbonyl (C=O) groups excluding carboxylic acids is 1. The number of carbonyl (C=O) groups is 1. The van der Waals surface area contributed by atoms with Crippen molar-refractivity contribution in [3.63, 3.8) is 0 Å². The second-order valence-corrected chi connectivity index (χ2v) is 4.21. The maximum Gasteiger partial charge on any atom is 0.343 e. The van der Waals surface area contributed by atoms with Crippen molar-refractivity contribution in [2.24, 2.45) is 0 Å². The quantitative estimate of drug-likeness (QED) is 0.375. The minimum absolute atomic E-state index is 0.107. The summed E-state index contributed by atoms with van der Waals surface area (Å²) in [6.07, 6.45) is 0. The molecule has 0 aliphatic carbocycles. The number of ether oxygens (including phenoxy) is 1. The molecule has 0 aromatic heterocycles. The Labute approximate surface area is 117 Å². The van der Waals surface area contributed by atoms with Gasteiger partial charge in [-0.25, -0.2) is 9.18 Å². The van der Waals surface area contributed by atoms with Crippen molar-refractivity contribution in [1.29, 1.82) is 0 Å². The van der Waals surface area contributed by atoms with Crippen LogP contribution in [0.25, 0.3) is 0 Å². The Hall–Kier alpha value is -2.47. The van der Waals surface area contributed by atoms with Gasteiger partial charge < -0.3 is 4.74 Å². The molecule has 0 bridgehead atoms. The number of esters is 1. The molecule has 0 spiro atoms. The highest BCUT2D eigenvalue weighted by atomic mass is 35.5. The third-order valence-electron chi connectivity index (χ3n) is 2.38. The Morgan fingerprint density at radius 2 is 2.00 bits per heavy atom. The minimum Gasteiger partial charge on any atom is -0.415 e. The first-order chi connectivity index (χ1) is 9.47. The minimum atomic E-state index is -0.860. The molecule has 2 aromatic rings. The van der Waals surface area contributed by atoms with Crippen LogP contribution in [0, 0.1) is 15.9 Å². The summed E-state index contributed by atoms with van der Waals surface area (Å²) < 4.78 is 17.9. The monoisotopic (exact) mass is 295 g/mol. The molecule has 0 heterocycles. The lowest BCUT2D eigenvalue weighted by molar-refractivity contribution is -0.385. The van der Waals surface area contributed by atoms with Crippen molar-refractivity contribution < 1.29 is 18.8 Å². The summed E-state index contributed by atoms with van der Waals surface area (Å²) in [4.78, 5) is 21.8. The van der Waals surface area contributed by atoms with Gasteiger partial charge in [-0.05, 0) is 24.3 Å². The first kappa shape index (κ1) is 14.0. The van der Waals surface area contributed by atoms with Crippen molar-refractivity contribution in [3.05, 3.63) is 69.0 Å². The number of hydrogen-bond donors (Lipinski definition) is 0. The van der Waals surface area contributed by atoms with Crippen LogP contribution in [0.2, 0.25) is 5.02 Å². The standard InChI is InChI=1S/C13H7ClFNO4/c14-9-3-1-2-8(6-9)13(17)20-12-7-10(15)4-5-11(12)16(18)19/h1-7H. The van der Waals surface area contributed by atoms with E-state index in [0.29, 0.717) is 5.02 Å². The van der Waals surface area contributed by atoms with E-state index >= 15 is 0 Å². The fourth-order valence-electron chi connectivity index (χ4n) is 1.49. The molecule has 20 heavy (non-hydrogen) atoms. The molecule has 0 N–H and O–H groups in total. The number of nitrogens with zero attached hydrogens (tertiary/aromatic N) is 1. The molecular formula is C13H7ClFNO4. The number of nitro groups is 1. The topological polar surface area (TPSA) is 69.4 Å². The van der Waals surface area contributed by atoms with Crippen molar-refractivity contribution in [2.45, 2.75) is 0 Å². The number of rotatable bonds is 3. The summed E-state index contributed by atoms with van der Waals surface area (Å²) >= 11 is 5.72. The first-order valence-corrected chi connectivity index (χ1v) is 5.77. The molecule has 0 aliphatic rings. The van der Waals surface area contributed by atoms with Gasteiger partial charge in [0.05, 0.1) is 10.5 Å². The van der Waals surface area contributed by atoms with Gasteiger partial charge in [0.15, 0.2) is 0 Å². The zero-order valence-corrected chi connectivity index (χ0v) is 10.6. The predicted octanol–water partition coefficient (Wildman–Crippen LogP) is 3.61. The van der Waals surface area contributed by atoms with Gasteiger partial charge in [-0.3, -0.25) is 10.1 Å². The van der Waals surface area contributed by atoms with Gasteiger partial charge in [0.1, 0.15) is 5.82 Å². The fourth-order valence-corrected chi connectivity index (χ4v) is 1.69. The summed E-state index contributed by atoms with van der Waals surface area (Å²) in [5.41, 5.74) is -0.391. The molecule has 0 fully saturated rings. The van der Waals surface area contributed by atoms with E-state index in [1.807, 2.05) is 0 Å². The maximum absolute atomic E-state index is 13.1. The summed E-state index contributed by atoms with van der Waals surface area (Å²) in [7, 11) is 0. The average Bonchev–Trinajstić information content (AvgIpc) is 2.38. The molecule has 0 radical (unpaired) electrons. The summed E-state index contributed by atoms with van der Waals surface area (Å²) in [5.74, 6) is -2.06. The third kappa shape index (κ3) is 3.10. The van der Waals surface area contributed by atoms with Crippen LogP contribution >= 0.6 is 11.6 Å². The number of hydrogen-bond acceptors (Lipinski definition) is 4. The van der Waals surface area contributed by atoms with Crippen LogP contribution in [-0.4, -0.2) is 10.9 Å². The normalized spacial score (nSPS) is 10.1. The lowest BCUT2D eigenvalue weighted by Crippen LogP contribution is -2.09. The molecule has 0 amide bonds. The maximum atomic E-state index is 13.1. The van der Waals surface area contributed by atoms with Crippen molar-refractivity contribution >= 4 is 23.3 Å². The highest BCUT2D eigenvalue weighted by Crippen LogP contribution is 2.28. The van der Waals surface area contributed by atoms with E-state index in [2.05, 4.69) is 0 Å². The molecule has 0 atom stereocenters. The zero-order valence-electron chi connectivity index (χ0n) is 9.88. The number of nitro benzene ring substituents is 1. The van der Waals surface area contributed by atoms with E-state index in [1.165, 1.54) is 18.2 Å². The molecule has 102 valence electrons. The predicted molar refractivity (Wildman–Crippen MR) is 69.5 cm³/mol. The molecule has 0 aliphatic heterocycles.